The maximum atomic E-state index is 13.1. The molecule has 8 heteroatoms. The predicted molar refractivity (Wildman–Crippen MR) is 112 cm³/mol. The number of rotatable bonds is 7. The van der Waals surface area contributed by atoms with Crippen LogP contribution in [0, 0.1) is 3.57 Å². The summed E-state index contributed by atoms with van der Waals surface area (Å²) in [7, 11) is -3.86. The number of hydrogen-bond donors (Lipinski definition) is 1. The number of carbonyl (C=O) groups is 1. The zero-order valence-corrected chi connectivity index (χ0v) is 17.6. The second kappa shape index (κ2) is 9.03. The second-order valence-corrected chi connectivity index (χ2v) is 9.35. The third kappa shape index (κ3) is 5.20. The number of carbonyl (C=O) groups excluding carboxylic acids is 1. The van der Waals surface area contributed by atoms with E-state index < -0.39 is 10.0 Å². The van der Waals surface area contributed by atoms with Crippen LogP contribution in [0.5, 0.6) is 0 Å². The van der Waals surface area contributed by atoms with Gasteiger partial charge in [-0.05, 0) is 71.8 Å². The number of amides is 1. The normalized spacial score (nSPS) is 16.9. The van der Waals surface area contributed by atoms with E-state index in [1.54, 1.807) is 30.3 Å². The molecule has 1 fully saturated rings. The standard InChI is InChI=1S/C19H21IN2O4S/c20-15-8-10-16(11-9-15)22(27(24,25)18-6-2-1-3-7-18)14-19(23)21-13-17-5-4-12-26-17/h1-3,6-11,17H,4-5,12-14H2,(H,21,23). The van der Waals surface area contributed by atoms with Gasteiger partial charge in [-0.1, -0.05) is 18.2 Å². The molecule has 0 saturated carbocycles. The fraction of sp³-hybridized carbons (Fsp3) is 0.316. The Bertz CT molecular complexity index is 866. The van der Waals surface area contributed by atoms with Gasteiger partial charge in [-0.2, -0.15) is 0 Å². The first kappa shape index (κ1) is 20.1. The fourth-order valence-corrected chi connectivity index (χ4v) is 4.66. The molecule has 144 valence electrons. The lowest BCUT2D eigenvalue weighted by Gasteiger charge is -2.24. The summed E-state index contributed by atoms with van der Waals surface area (Å²) in [5.41, 5.74) is 0.450. The van der Waals surface area contributed by atoms with Crippen molar-refractivity contribution in [1.29, 1.82) is 0 Å². The van der Waals surface area contributed by atoms with Gasteiger partial charge >= 0.3 is 0 Å². The number of sulfonamides is 1. The lowest BCUT2D eigenvalue weighted by Crippen LogP contribution is -2.42. The van der Waals surface area contributed by atoms with Crippen molar-refractivity contribution in [3.05, 3.63) is 58.2 Å². The fourth-order valence-electron chi connectivity index (χ4n) is 2.86. The van der Waals surface area contributed by atoms with Crippen LogP contribution < -0.4 is 9.62 Å². The minimum absolute atomic E-state index is 0.00596. The summed E-state index contributed by atoms with van der Waals surface area (Å²) >= 11 is 2.15. The molecule has 0 bridgehead atoms. The summed E-state index contributed by atoms with van der Waals surface area (Å²) in [6.07, 6.45) is 1.90. The van der Waals surface area contributed by atoms with Gasteiger partial charge in [-0.15, -0.1) is 0 Å². The molecule has 2 aromatic rings. The van der Waals surface area contributed by atoms with E-state index in [9.17, 15) is 13.2 Å². The molecule has 0 radical (unpaired) electrons. The summed E-state index contributed by atoms with van der Waals surface area (Å²) in [6, 6.07) is 15.2. The lowest BCUT2D eigenvalue weighted by atomic mass is 10.2. The van der Waals surface area contributed by atoms with Crippen LogP contribution in [0.3, 0.4) is 0 Å². The third-order valence-corrected chi connectivity index (χ3v) is 6.79. The molecule has 1 aliphatic rings. The van der Waals surface area contributed by atoms with Gasteiger partial charge in [0.25, 0.3) is 10.0 Å². The van der Waals surface area contributed by atoms with Crippen molar-refractivity contribution in [2.24, 2.45) is 0 Å². The van der Waals surface area contributed by atoms with Gasteiger partial charge in [0.1, 0.15) is 6.54 Å². The van der Waals surface area contributed by atoms with E-state index in [1.165, 1.54) is 12.1 Å². The molecule has 1 N–H and O–H groups in total. The van der Waals surface area contributed by atoms with E-state index >= 15 is 0 Å². The van der Waals surface area contributed by atoms with Crippen LogP contribution in [0.2, 0.25) is 0 Å². The molecule has 1 unspecified atom stereocenters. The highest BCUT2D eigenvalue weighted by atomic mass is 127. The van der Waals surface area contributed by atoms with Crippen LogP contribution in [0.25, 0.3) is 0 Å². The maximum Gasteiger partial charge on any atom is 0.264 e. The van der Waals surface area contributed by atoms with E-state index in [2.05, 4.69) is 27.9 Å². The number of ether oxygens (including phenoxy) is 1. The van der Waals surface area contributed by atoms with Crippen LogP contribution in [0.15, 0.2) is 59.5 Å². The first-order chi connectivity index (χ1) is 13.0. The van der Waals surface area contributed by atoms with Crippen molar-refractivity contribution in [3.8, 4) is 0 Å². The molecule has 1 heterocycles. The molecule has 6 nitrogen and oxygen atoms in total. The van der Waals surface area contributed by atoms with Crippen molar-refractivity contribution in [2.75, 3.05) is 24.0 Å². The number of hydrogen-bond acceptors (Lipinski definition) is 4. The minimum Gasteiger partial charge on any atom is -0.376 e. The van der Waals surface area contributed by atoms with Gasteiger partial charge in [0.15, 0.2) is 0 Å². The Morgan fingerprint density at radius 1 is 1.15 bits per heavy atom. The highest BCUT2D eigenvalue weighted by molar-refractivity contribution is 14.1. The van der Waals surface area contributed by atoms with Crippen molar-refractivity contribution < 1.29 is 17.9 Å². The largest absolute Gasteiger partial charge is 0.376 e. The third-order valence-electron chi connectivity index (χ3n) is 4.28. The van der Waals surface area contributed by atoms with Crippen LogP contribution in [-0.2, 0) is 19.6 Å². The van der Waals surface area contributed by atoms with E-state index in [1.807, 2.05) is 12.1 Å². The molecule has 27 heavy (non-hydrogen) atoms. The molecular weight excluding hydrogens is 479 g/mol. The Balaban J connectivity index is 1.81. The molecule has 0 aliphatic carbocycles. The molecule has 0 aromatic heterocycles. The molecule has 0 spiro atoms. The number of nitrogens with one attached hydrogen (secondary N) is 1. The lowest BCUT2D eigenvalue weighted by molar-refractivity contribution is -0.120. The average molecular weight is 500 g/mol. The molecule has 1 aliphatic heterocycles. The van der Waals surface area contributed by atoms with E-state index in [0.29, 0.717) is 18.8 Å². The highest BCUT2D eigenvalue weighted by Crippen LogP contribution is 2.24. The quantitative estimate of drug-likeness (QED) is 0.594. The first-order valence-electron chi connectivity index (χ1n) is 8.68. The number of benzene rings is 2. The van der Waals surface area contributed by atoms with Gasteiger partial charge < -0.3 is 10.1 Å². The predicted octanol–water partition coefficient (Wildman–Crippen LogP) is 2.78. The Morgan fingerprint density at radius 3 is 2.48 bits per heavy atom. The molecule has 1 atom stereocenters. The smallest absolute Gasteiger partial charge is 0.264 e. The SMILES string of the molecule is O=C(CN(c1ccc(I)cc1)S(=O)(=O)c1ccccc1)NCC1CCCO1. The van der Waals surface area contributed by atoms with Gasteiger partial charge in [-0.25, -0.2) is 8.42 Å². The van der Waals surface area contributed by atoms with Crippen LogP contribution in [0.4, 0.5) is 5.69 Å². The highest BCUT2D eigenvalue weighted by Gasteiger charge is 2.27. The van der Waals surface area contributed by atoms with Gasteiger partial charge in [0.2, 0.25) is 5.91 Å². The Morgan fingerprint density at radius 2 is 1.85 bits per heavy atom. The zero-order valence-electron chi connectivity index (χ0n) is 14.7. The van der Waals surface area contributed by atoms with Crippen molar-refractivity contribution in [2.45, 2.75) is 23.8 Å². The summed E-state index contributed by atoms with van der Waals surface area (Å²) in [6.45, 7) is 0.812. The Hall–Kier alpha value is -1.65. The average Bonchev–Trinajstić information content (AvgIpc) is 3.19. The van der Waals surface area contributed by atoms with E-state index in [4.69, 9.17) is 4.74 Å². The molecule has 1 saturated heterocycles. The van der Waals surface area contributed by atoms with Gasteiger partial charge in [0.05, 0.1) is 16.7 Å². The van der Waals surface area contributed by atoms with Crippen molar-refractivity contribution >= 4 is 44.2 Å². The van der Waals surface area contributed by atoms with Crippen LogP contribution in [0.1, 0.15) is 12.8 Å². The molecule has 1 amide bonds. The Kier molecular flexibility index (Phi) is 6.72. The Labute approximate surface area is 173 Å². The molecule has 3 rings (SSSR count). The topological polar surface area (TPSA) is 75.7 Å². The van der Waals surface area contributed by atoms with E-state index in [-0.39, 0.29) is 23.5 Å². The van der Waals surface area contributed by atoms with E-state index in [0.717, 1.165) is 20.7 Å². The van der Waals surface area contributed by atoms with Crippen LogP contribution in [-0.4, -0.2) is 40.1 Å². The second-order valence-electron chi connectivity index (χ2n) is 6.24. The first-order valence-corrected chi connectivity index (χ1v) is 11.2. The monoisotopic (exact) mass is 500 g/mol. The summed E-state index contributed by atoms with van der Waals surface area (Å²) in [5, 5.41) is 2.79. The summed E-state index contributed by atoms with van der Waals surface area (Å²) in [4.78, 5) is 12.6. The van der Waals surface area contributed by atoms with Crippen LogP contribution >= 0.6 is 22.6 Å². The van der Waals surface area contributed by atoms with Gasteiger partial charge in [0, 0.05) is 16.7 Å². The van der Waals surface area contributed by atoms with Gasteiger partial charge in [-0.3, -0.25) is 9.10 Å². The minimum atomic E-state index is -3.86. The number of halogens is 1. The number of anilines is 1. The van der Waals surface area contributed by atoms with Crippen molar-refractivity contribution in [1.82, 2.24) is 5.32 Å². The van der Waals surface area contributed by atoms with Crippen molar-refractivity contribution in [3.63, 3.8) is 0 Å². The summed E-state index contributed by atoms with van der Waals surface area (Å²) < 4.78 is 33.9. The molecular formula is C19H21IN2O4S. The molecule has 2 aromatic carbocycles. The number of nitrogens with zero attached hydrogens (tertiary/aromatic N) is 1. The maximum absolute atomic E-state index is 13.1. The zero-order chi connectivity index (χ0) is 19.3. The summed E-state index contributed by atoms with van der Waals surface area (Å²) in [5.74, 6) is -0.358.